The SMILES string of the molecule is CC(C)OCCCN1C(=O)C(Nc2cccc3ccccc23)=C(c2ccc(Cl)cc2)C1=O. The summed E-state index contributed by atoms with van der Waals surface area (Å²) in [5, 5.41) is 5.86. The molecule has 0 saturated carbocycles. The first-order valence-electron chi connectivity index (χ1n) is 10.7. The van der Waals surface area contributed by atoms with Crippen LogP contribution in [0, 0.1) is 0 Å². The predicted octanol–water partition coefficient (Wildman–Crippen LogP) is 5.50. The third-order valence-corrected chi connectivity index (χ3v) is 5.58. The Morgan fingerprint density at radius 2 is 1.66 bits per heavy atom. The Bertz CT molecular complexity index is 1180. The summed E-state index contributed by atoms with van der Waals surface area (Å²) < 4.78 is 5.57. The number of carbonyl (C=O) groups is 2. The van der Waals surface area contributed by atoms with Crippen LogP contribution in [-0.4, -0.2) is 36.0 Å². The van der Waals surface area contributed by atoms with Gasteiger partial charge in [-0.15, -0.1) is 0 Å². The second-order valence-electron chi connectivity index (χ2n) is 7.94. The van der Waals surface area contributed by atoms with Gasteiger partial charge < -0.3 is 10.1 Å². The average Bonchev–Trinajstić information content (AvgIpc) is 3.01. The first-order valence-corrected chi connectivity index (χ1v) is 11.1. The number of fused-ring (bicyclic) bond motifs is 1. The van der Waals surface area contributed by atoms with Gasteiger partial charge in [-0.1, -0.05) is 60.1 Å². The number of hydrogen-bond donors (Lipinski definition) is 1. The lowest BCUT2D eigenvalue weighted by Gasteiger charge is -2.16. The van der Waals surface area contributed by atoms with E-state index in [-0.39, 0.29) is 23.6 Å². The van der Waals surface area contributed by atoms with Crippen molar-refractivity contribution in [2.24, 2.45) is 0 Å². The van der Waals surface area contributed by atoms with E-state index in [4.69, 9.17) is 16.3 Å². The van der Waals surface area contributed by atoms with Crippen molar-refractivity contribution in [3.05, 3.63) is 83.0 Å². The van der Waals surface area contributed by atoms with E-state index in [0.29, 0.717) is 35.7 Å². The van der Waals surface area contributed by atoms with E-state index >= 15 is 0 Å². The van der Waals surface area contributed by atoms with Crippen molar-refractivity contribution >= 4 is 45.4 Å². The lowest BCUT2D eigenvalue weighted by Crippen LogP contribution is -2.34. The molecule has 0 bridgehead atoms. The Morgan fingerprint density at radius 1 is 0.938 bits per heavy atom. The number of halogens is 1. The highest BCUT2D eigenvalue weighted by molar-refractivity contribution is 6.37. The molecule has 2 amide bonds. The Morgan fingerprint density at radius 3 is 2.41 bits per heavy atom. The van der Waals surface area contributed by atoms with Gasteiger partial charge >= 0.3 is 0 Å². The van der Waals surface area contributed by atoms with E-state index in [2.05, 4.69) is 5.32 Å². The molecule has 0 aromatic heterocycles. The van der Waals surface area contributed by atoms with Crippen LogP contribution in [0.15, 0.2) is 72.4 Å². The molecule has 1 heterocycles. The number of carbonyl (C=O) groups excluding carboxylic acids is 2. The summed E-state index contributed by atoms with van der Waals surface area (Å²) in [5.41, 5.74) is 2.05. The number of benzene rings is 3. The van der Waals surface area contributed by atoms with Crippen molar-refractivity contribution in [3.63, 3.8) is 0 Å². The van der Waals surface area contributed by atoms with Crippen molar-refractivity contribution in [2.75, 3.05) is 18.5 Å². The number of rotatable bonds is 8. The first kappa shape index (κ1) is 22.1. The minimum Gasteiger partial charge on any atom is -0.379 e. The van der Waals surface area contributed by atoms with E-state index in [1.54, 1.807) is 24.3 Å². The number of imide groups is 1. The number of nitrogens with zero attached hydrogens (tertiary/aromatic N) is 1. The molecule has 0 aliphatic carbocycles. The number of hydrogen-bond acceptors (Lipinski definition) is 4. The zero-order valence-corrected chi connectivity index (χ0v) is 18.9. The second kappa shape index (κ2) is 9.55. The molecule has 4 rings (SSSR count). The van der Waals surface area contributed by atoms with E-state index in [0.717, 1.165) is 16.5 Å². The van der Waals surface area contributed by atoms with Crippen molar-refractivity contribution in [2.45, 2.75) is 26.4 Å². The number of nitrogens with one attached hydrogen (secondary N) is 1. The topological polar surface area (TPSA) is 58.6 Å². The molecule has 1 N–H and O–H groups in total. The molecular weight excluding hydrogens is 424 g/mol. The molecule has 5 nitrogen and oxygen atoms in total. The molecule has 0 atom stereocenters. The smallest absolute Gasteiger partial charge is 0.278 e. The third kappa shape index (κ3) is 4.54. The fourth-order valence-electron chi connectivity index (χ4n) is 3.79. The van der Waals surface area contributed by atoms with Crippen molar-refractivity contribution in [1.82, 2.24) is 4.90 Å². The maximum atomic E-state index is 13.4. The van der Waals surface area contributed by atoms with Gasteiger partial charge in [0.05, 0.1) is 11.7 Å². The van der Waals surface area contributed by atoms with Crippen LogP contribution in [0.5, 0.6) is 0 Å². The number of amides is 2. The molecule has 0 saturated heterocycles. The van der Waals surface area contributed by atoms with Crippen LogP contribution in [0.2, 0.25) is 5.02 Å². The fraction of sp³-hybridized carbons (Fsp3) is 0.231. The zero-order valence-electron chi connectivity index (χ0n) is 18.1. The van der Waals surface area contributed by atoms with Gasteiger partial charge in [-0.05, 0) is 49.4 Å². The van der Waals surface area contributed by atoms with E-state index in [9.17, 15) is 9.59 Å². The molecule has 1 aliphatic heterocycles. The van der Waals surface area contributed by atoms with Gasteiger partial charge in [0.1, 0.15) is 5.70 Å². The average molecular weight is 449 g/mol. The second-order valence-corrected chi connectivity index (χ2v) is 8.38. The lowest BCUT2D eigenvalue weighted by atomic mass is 10.0. The van der Waals surface area contributed by atoms with Crippen LogP contribution in [0.1, 0.15) is 25.8 Å². The monoisotopic (exact) mass is 448 g/mol. The van der Waals surface area contributed by atoms with Crippen LogP contribution in [0.4, 0.5) is 5.69 Å². The Balaban J connectivity index is 1.70. The molecule has 0 fully saturated rings. The molecule has 3 aromatic carbocycles. The summed E-state index contributed by atoms with van der Waals surface area (Å²) in [6, 6.07) is 20.7. The van der Waals surface area contributed by atoms with Crippen LogP contribution in [0.3, 0.4) is 0 Å². The van der Waals surface area contributed by atoms with Crippen LogP contribution in [-0.2, 0) is 14.3 Å². The van der Waals surface area contributed by atoms with Gasteiger partial charge in [0, 0.05) is 29.2 Å². The molecule has 0 unspecified atom stereocenters. The summed E-state index contributed by atoms with van der Waals surface area (Å²) in [4.78, 5) is 28.0. The first-order chi connectivity index (χ1) is 15.5. The normalized spacial score (nSPS) is 14.2. The van der Waals surface area contributed by atoms with E-state index in [1.807, 2.05) is 56.3 Å². The van der Waals surface area contributed by atoms with Gasteiger partial charge in [-0.2, -0.15) is 0 Å². The molecule has 6 heteroatoms. The third-order valence-electron chi connectivity index (χ3n) is 5.33. The molecule has 32 heavy (non-hydrogen) atoms. The van der Waals surface area contributed by atoms with Crippen molar-refractivity contribution < 1.29 is 14.3 Å². The summed E-state index contributed by atoms with van der Waals surface area (Å²) in [6.07, 6.45) is 0.678. The van der Waals surface area contributed by atoms with Gasteiger partial charge in [0.2, 0.25) is 0 Å². The Kier molecular flexibility index (Phi) is 6.58. The minimum atomic E-state index is -0.336. The fourth-order valence-corrected chi connectivity index (χ4v) is 3.92. The Labute approximate surface area is 192 Å². The maximum Gasteiger partial charge on any atom is 0.278 e. The quantitative estimate of drug-likeness (QED) is 0.365. The molecular formula is C26H25ClN2O3. The summed E-state index contributed by atoms with van der Waals surface area (Å²) in [7, 11) is 0. The highest BCUT2D eigenvalue weighted by Gasteiger charge is 2.39. The Hall–Kier alpha value is -3.15. The lowest BCUT2D eigenvalue weighted by molar-refractivity contribution is -0.137. The van der Waals surface area contributed by atoms with E-state index < -0.39 is 0 Å². The number of ether oxygens (including phenoxy) is 1. The number of anilines is 1. The standard InChI is InChI=1S/C26H25ClN2O3/c1-17(2)32-16-6-15-29-25(30)23(19-11-13-20(27)14-12-19)24(26(29)31)28-22-10-5-8-18-7-3-4-9-21(18)22/h3-5,7-14,17,28H,6,15-16H2,1-2H3. The van der Waals surface area contributed by atoms with Gasteiger partial charge in [-0.25, -0.2) is 0 Å². The molecule has 164 valence electrons. The van der Waals surface area contributed by atoms with Crippen LogP contribution in [0.25, 0.3) is 16.3 Å². The van der Waals surface area contributed by atoms with Crippen LogP contribution < -0.4 is 5.32 Å². The molecule has 3 aromatic rings. The van der Waals surface area contributed by atoms with E-state index in [1.165, 1.54) is 4.90 Å². The van der Waals surface area contributed by atoms with Gasteiger partial charge in [-0.3, -0.25) is 14.5 Å². The minimum absolute atomic E-state index is 0.103. The maximum absolute atomic E-state index is 13.4. The highest BCUT2D eigenvalue weighted by Crippen LogP contribution is 2.33. The van der Waals surface area contributed by atoms with Crippen molar-refractivity contribution in [1.29, 1.82) is 0 Å². The summed E-state index contributed by atoms with van der Waals surface area (Å²) in [5.74, 6) is -0.651. The van der Waals surface area contributed by atoms with Gasteiger partial charge in [0.25, 0.3) is 11.8 Å². The van der Waals surface area contributed by atoms with Crippen LogP contribution >= 0.6 is 11.6 Å². The highest BCUT2D eigenvalue weighted by atomic mass is 35.5. The zero-order chi connectivity index (χ0) is 22.7. The molecule has 1 aliphatic rings. The molecule has 0 spiro atoms. The summed E-state index contributed by atoms with van der Waals surface area (Å²) in [6.45, 7) is 4.69. The molecule has 0 radical (unpaired) electrons. The summed E-state index contributed by atoms with van der Waals surface area (Å²) >= 11 is 6.05. The predicted molar refractivity (Wildman–Crippen MR) is 128 cm³/mol. The van der Waals surface area contributed by atoms with Gasteiger partial charge in [0.15, 0.2) is 0 Å². The largest absolute Gasteiger partial charge is 0.379 e. The van der Waals surface area contributed by atoms with Crippen molar-refractivity contribution in [3.8, 4) is 0 Å².